The SMILES string of the molecule is Cn1c(=O)oc2cc(C(C)(C)CCN)ccc21. The predicted molar refractivity (Wildman–Crippen MR) is 68.2 cm³/mol. The second-order valence-corrected chi connectivity index (χ2v) is 5.03. The lowest BCUT2D eigenvalue weighted by Crippen LogP contribution is -2.21. The molecule has 4 heteroatoms. The molecule has 2 aromatic rings. The largest absolute Gasteiger partial charge is 0.419 e. The van der Waals surface area contributed by atoms with E-state index in [9.17, 15) is 4.79 Å². The molecule has 0 amide bonds. The molecule has 0 spiro atoms. The van der Waals surface area contributed by atoms with Gasteiger partial charge in [-0.15, -0.1) is 0 Å². The molecular weight excluding hydrogens is 216 g/mol. The normalized spacial score (nSPS) is 12.2. The summed E-state index contributed by atoms with van der Waals surface area (Å²) in [7, 11) is 1.71. The number of aryl methyl sites for hydroxylation is 1. The zero-order chi connectivity index (χ0) is 12.6. The number of nitrogens with zero attached hydrogens (tertiary/aromatic N) is 1. The lowest BCUT2D eigenvalue weighted by molar-refractivity contribution is 0.485. The van der Waals surface area contributed by atoms with Crippen LogP contribution in [0, 0.1) is 0 Å². The topological polar surface area (TPSA) is 61.2 Å². The molecule has 2 rings (SSSR count). The molecule has 0 aliphatic rings. The van der Waals surface area contributed by atoms with Crippen molar-refractivity contribution in [2.45, 2.75) is 25.7 Å². The van der Waals surface area contributed by atoms with Gasteiger partial charge in [-0.05, 0) is 36.1 Å². The van der Waals surface area contributed by atoms with E-state index in [2.05, 4.69) is 13.8 Å². The molecule has 0 unspecified atom stereocenters. The third kappa shape index (κ3) is 2.00. The van der Waals surface area contributed by atoms with Crippen molar-refractivity contribution in [2.75, 3.05) is 6.54 Å². The van der Waals surface area contributed by atoms with Crippen LogP contribution in [0.5, 0.6) is 0 Å². The van der Waals surface area contributed by atoms with Gasteiger partial charge < -0.3 is 10.2 Å². The smallest absolute Gasteiger partial charge is 0.408 e. The number of hydrogen-bond acceptors (Lipinski definition) is 3. The fourth-order valence-corrected chi connectivity index (χ4v) is 2.06. The number of hydrogen-bond donors (Lipinski definition) is 1. The van der Waals surface area contributed by atoms with Gasteiger partial charge in [0.25, 0.3) is 0 Å². The van der Waals surface area contributed by atoms with E-state index in [1.807, 2.05) is 18.2 Å². The van der Waals surface area contributed by atoms with Crippen LogP contribution < -0.4 is 11.5 Å². The van der Waals surface area contributed by atoms with Crippen molar-refractivity contribution >= 4 is 11.1 Å². The van der Waals surface area contributed by atoms with Crippen molar-refractivity contribution in [1.29, 1.82) is 0 Å². The molecule has 17 heavy (non-hydrogen) atoms. The Morgan fingerprint density at radius 3 is 2.76 bits per heavy atom. The Kier molecular flexibility index (Phi) is 2.83. The fraction of sp³-hybridized carbons (Fsp3) is 0.462. The molecule has 0 bridgehead atoms. The van der Waals surface area contributed by atoms with Gasteiger partial charge in [0.2, 0.25) is 0 Å². The summed E-state index contributed by atoms with van der Waals surface area (Å²) in [4.78, 5) is 11.4. The molecule has 0 atom stereocenters. The molecule has 0 fully saturated rings. The molecule has 1 heterocycles. The Morgan fingerprint density at radius 2 is 2.12 bits per heavy atom. The summed E-state index contributed by atoms with van der Waals surface area (Å²) in [6.45, 7) is 4.92. The maximum Gasteiger partial charge on any atom is 0.419 e. The minimum atomic E-state index is -0.325. The van der Waals surface area contributed by atoms with Crippen LogP contribution >= 0.6 is 0 Å². The highest BCUT2D eigenvalue weighted by Crippen LogP contribution is 2.28. The van der Waals surface area contributed by atoms with Crippen LogP contribution in [0.25, 0.3) is 11.1 Å². The quantitative estimate of drug-likeness (QED) is 0.880. The van der Waals surface area contributed by atoms with E-state index in [0.29, 0.717) is 12.1 Å². The first-order chi connectivity index (χ1) is 7.95. The minimum absolute atomic E-state index is 0.00263. The molecule has 92 valence electrons. The summed E-state index contributed by atoms with van der Waals surface area (Å²) < 4.78 is 6.70. The Balaban J connectivity index is 2.55. The fourth-order valence-electron chi connectivity index (χ4n) is 2.06. The van der Waals surface area contributed by atoms with E-state index in [1.54, 1.807) is 7.05 Å². The highest BCUT2D eigenvalue weighted by atomic mass is 16.4. The van der Waals surface area contributed by atoms with Gasteiger partial charge in [-0.25, -0.2) is 4.79 Å². The molecule has 4 nitrogen and oxygen atoms in total. The summed E-state index contributed by atoms with van der Waals surface area (Å²) in [5.41, 5.74) is 8.22. The van der Waals surface area contributed by atoms with E-state index < -0.39 is 0 Å². The van der Waals surface area contributed by atoms with Gasteiger partial charge in [0.05, 0.1) is 5.52 Å². The molecule has 0 aliphatic heterocycles. The van der Waals surface area contributed by atoms with E-state index in [0.717, 1.165) is 17.5 Å². The molecule has 0 radical (unpaired) electrons. The van der Waals surface area contributed by atoms with Crippen molar-refractivity contribution in [2.24, 2.45) is 12.8 Å². The van der Waals surface area contributed by atoms with Gasteiger partial charge >= 0.3 is 5.76 Å². The highest BCUT2D eigenvalue weighted by molar-refractivity contribution is 5.74. The Hall–Kier alpha value is -1.55. The standard InChI is InChI=1S/C13H18N2O2/c1-13(2,6-7-14)9-4-5-10-11(8-9)17-12(16)15(10)3/h4-5,8H,6-7,14H2,1-3H3. The first-order valence-electron chi connectivity index (χ1n) is 5.76. The van der Waals surface area contributed by atoms with Crippen LogP contribution in [-0.4, -0.2) is 11.1 Å². The number of aromatic nitrogens is 1. The van der Waals surface area contributed by atoms with E-state index in [-0.39, 0.29) is 11.2 Å². The van der Waals surface area contributed by atoms with Gasteiger partial charge in [-0.2, -0.15) is 0 Å². The minimum Gasteiger partial charge on any atom is -0.408 e. The maximum absolute atomic E-state index is 11.4. The maximum atomic E-state index is 11.4. The lowest BCUT2D eigenvalue weighted by atomic mass is 9.81. The number of oxazole rings is 1. The van der Waals surface area contributed by atoms with Crippen LogP contribution in [0.2, 0.25) is 0 Å². The van der Waals surface area contributed by atoms with E-state index >= 15 is 0 Å². The Bertz CT molecular complexity index is 593. The van der Waals surface area contributed by atoms with Crippen LogP contribution in [0.4, 0.5) is 0 Å². The lowest BCUT2D eigenvalue weighted by Gasteiger charge is -2.24. The molecule has 1 aromatic heterocycles. The first-order valence-corrected chi connectivity index (χ1v) is 5.76. The van der Waals surface area contributed by atoms with Gasteiger partial charge in [-0.3, -0.25) is 4.57 Å². The van der Waals surface area contributed by atoms with Crippen molar-refractivity contribution in [1.82, 2.24) is 4.57 Å². The predicted octanol–water partition coefficient (Wildman–Crippen LogP) is 1.76. The zero-order valence-corrected chi connectivity index (χ0v) is 10.5. The summed E-state index contributed by atoms with van der Waals surface area (Å²) >= 11 is 0. The van der Waals surface area contributed by atoms with E-state index in [1.165, 1.54) is 4.57 Å². The van der Waals surface area contributed by atoms with Gasteiger partial charge in [0.15, 0.2) is 5.58 Å². The van der Waals surface area contributed by atoms with Gasteiger partial charge in [-0.1, -0.05) is 19.9 Å². The van der Waals surface area contributed by atoms with Crippen LogP contribution in [0.3, 0.4) is 0 Å². The average molecular weight is 234 g/mol. The van der Waals surface area contributed by atoms with Crippen molar-refractivity contribution in [3.05, 3.63) is 34.3 Å². The molecule has 0 aliphatic carbocycles. The number of rotatable bonds is 3. The monoisotopic (exact) mass is 234 g/mol. The van der Waals surface area contributed by atoms with Crippen molar-refractivity contribution in [3.63, 3.8) is 0 Å². The van der Waals surface area contributed by atoms with E-state index in [4.69, 9.17) is 10.2 Å². The third-order valence-corrected chi connectivity index (χ3v) is 3.34. The van der Waals surface area contributed by atoms with Gasteiger partial charge in [0, 0.05) is 7.05 Å². The Morgan fingerprint density at radius 1 is 1.41 bits per heavy atom. The Labute approximate surface area is 100 Å². The molecular formula is C13H18N2O2. The molecule has 0 saturated carbocycles. The number of benzene rings is 1. The molecule has 0 saturated heterocycles. The highest BCUT2D eigenvalue weighted by Gasteiger charge is 2.20. The first kappa shape index (κ1) is 11.9. The summed E-state index contributed by atoms with van der Waals surface area (Å²) in [6, 6.07) is 5.90. The third-order valence-electron chi connectivity index (χ3n) is 3.34. The van der Waals surface area contributed by atoms with Crippen molar-refractivity contribution < 1.29 is 4.42 Å². The number of fused-ring (bicyclic) bond motifs is 1. The van der Waals surface area contributed by atoms with Crippen LogP contribution in [0.15, 0.2) is 27.4 Å². The zero-order valence-electron chi connectivity index (χ0n) is 10.5. The van der Waals surface area contributed by atoms with Crippen molar-refractivity contribution in [3.8, 4) is 0 Å². The second kappa shape index (κ2) is 4.04. The van der Waals surface area contributed by atoms with Crippen LogP contribution in [0.1, 0.15) is 25.8 Å². The second-order valence-electron chi connectivity index (χ2n) is 5.03. The summed E-state index contributed by atoms with van der Waals surface area (Å²) in [6.07, 6.45) is 0.898. The van der Waals surface area contributed by atoms with Crippen LogP contribution in [-0.2, 0) is 12.5 Å². The average Bonchev–Trinajstić information content (AvgIpc) is 2.54. The number of nitrogens with two attached hydrogens (primary N) is 1. The summed E-state index contributed by atoms with van der Waals surface area (Å²) in [5.74, 6) is -0.325. The molecule has 2 N–H and O–H groups in total. The van der Waals surface area contributed by atoms with Gasteiger partial charge in [0.1, 0.15) is 0 Å². The molecule has 1 aromatic carbocycles. The summed E-state index contributed by atoms with van der Waals surface area (Å²) in [5, 5.41) is 0.